The second-order valence-electron chi connectivity index (χ2n) is 12.4. The summed E-state index contributed by atoms with van der Waals surface area (Å²) in [7, 11) is 1.17. The number of nitrogens with zero attached hydrogens (tertiary/aromatic N) is 2. The number of anilines is 2. The number of esters is 1. The summed E-state index contributed by atoms with van der Waals surface area (Å²) in [5.41, 5.74) is -1.86. The van der Waals surface area contributed by atoms with Crippen LogP contribution in [0.25, 0.3) is 0 Å². The monoisotopic (exact) mass is 605 g/mol. The fraction of sp³-hybridized carbons (Fsp3) is 0.467. The van der Waals surface area contributed by atoms with Gasteiger partial charge in [0, 0.05) is 5.69 Å². The smallest absolute Gasteiger partial charge is 0.467 e. The molecule has 2 heterocycles. The largest absolute Gasteiger partial charge is 0.471 e. The molecule has 3 amide bonds. The van der Waals surface area contributed by atoms with Crippen molar-refractivity contribution < 1.29 is 46.6 Å². The SMILES string of the molecule is COC(=O)[C@@H]1C[C@@]2(c3ccc(NC(=O)C(F)(F)F)cc3)c3ccccc3N(C(=O)OC(C)(C)C)[C@H]2N1C(=O)OC(C)(C)C. The van der Waals surface area contributed by atoms with E-state index in [1.165, 1.54) is 41.2 Å². The van der Waals surface area contributed by atoms with E-state index in [0.29, 0.717) is 16.8 Å². The molecule has 0 aromatic heterocycles. The van der Waals surface area contributed by atoms with E-state index in [-0.39, 0.29) is 12.1 Å². The Bertz CT molecular complexity index is 1430. The Morgan fingerprint density at radius 3 is 1.95 bits per heavy atom. The number of methoxy groups -OCH3 is 1. The second kappa shape index (κ2) is 10.8. The van der Waals surface area contributed by atoms with E-state index < -0.39 is 59.1 Å². The maximum atomic E-state index is 13.9. The molecule has 0 unspecified atom stereocenters. The van der Waals surface area contributed by atoms with Gasteiger partial charge in [-0.25, -0.2) is 14.4 Å². The maximum Gasteiger partial charge on any atom is 0.471 e. The van der Waals surface area contributed by atoms with Crippen LogP contribution in [0, 0.1) is 0 Å². The van der Waals surface area contributed by atoms with Crippen molar-refractivity contribution in [3.05, 3.63) is 59.7 Å². The lowest BCUT2D eigenvalue weighted by atomic mass is 9.72. The number of amides is 3. The Hall–Kier alpha value is -4.29. The number of rotatable bonds is 3. The van der Waals surface area contributed by atoms with Crippen LogP contribution in [0.3, 0.4) is 0 Å². The molecule has 0 aliphatic carbocycles. The van der Waals surface area contributed by atoms with Crippen LogP contribution in [0.4, 0.5) is 34.1 Å². The molecule has 0 radical (unpaired) electrons. The molecule has 43 heavy (non-hydrogen) atoms. The third-order valence-corrected chi connectivity index (χ3v) is 7.03. The zero-order chi connectivity index (χ0) is 32.1. The van der Waals surface area contributed by atoms with E-state index in [4.69, 9.17) is 14.2 Å². The standard InChI is InChI=1S/C30H34F3N3O7/c1-27(2,3)42-25(39)35-20-11-9-8-10-19(20)29(17-12-14-18(15-13-17)34-23(38)30(31,32)33)16-21(22(37)41-7)36(24(29)35)26(40)43-28(4,5)6/h8-15,21,24H,16H2,1-7H3,(H,34,38)/t21-,24-,29+/m0/s1. The van der Waals surface area contributed by atoms with Gasteiger partial charge in [-0.15, -0.1) is 0 Å². The normalized spacial score (nSPS) is 21.5. The quantitative estimate of drug-likeness (QED) is 0.351. The molecule has 1 saturated heterocycles. The number of nitrogens with one attached hydrogen (secondary N) is 1. The Kier molecular flexibility index (Phi) is 7.92. The van der Waals surface area contributed by atoms with Gasteiger partial charge in [0.15, 0.2) is 0 Å². The van der Waals surface area contributed by atoms with Gasteiger partial charge in [-0.1, -0.05) is 30.3 Å². The van der Waals surface area contributed by atoms with Crippen LogP contribution in [-0.4, -0.2) is 65.7 Å². The van der Waals surface area contributed by atoms with Crippen molar-refractivity contribution in [1.82, 2.24) is 4.90 Å². The van der Waals surface area contributed by atoms with Crippen LogP contribution in [0.2, 0.25) is 0 Å². The topological polar surface area (TPSA) is 114 Å². The molecule has 1 N–H and O–H groups in total. The summed E-state index contributed by atoms with van der Waals surface area (Å²) in [5, 5.41) is 1.81. The van der Waals surface area contributed by atoms with Crippen molar-refractivity contribution in [2.45, 2.75) is 83.0 Å². The summed E-state index contributed by atoms with van der Waals surface area (Å²) in [4.78, 5) is 54.9. The minimum absolute atomic E-state index is 0.0614. The highest BCUT2D eigenvalue weighted by Gasteiger charge is 2.67. The Balaban J connectivity index is 1.95. The van der Waals surface area contributed by atoms with E-state index >= 15 is 0 Å². The predicted molar refractivity (Wildman–Crippen MR) is 149 cm³/mol. The van der Waals surface area contributed by atoms with Gasteiger partial charge in [0.25, 0.3) is 0 Å². The molecular weight excluding hydrogens is 571 g/mol. The highest BCUT2D eigenvalue weighted by atomic mass is 19.4. The molecule has 2 aromatic rings. The van der Waals surface area contributed by atoms with Crippen LogP contribution in [0.1, 0.15) is 59.1 Å². The van der Waals surface area contributed by atoms with Gasteiger partial charge in [0.05, 0.1) is 18.2 Å². The summed E-state index contributed by atoms with van der Waals surface area (Å²) in [5.74, 6) is -2.89. The van der Waals surface area contributed by atoms with Gasteiger partial charge < -0.3 is 19.5 Å². The van der Waals surface area contributed by atoms with E-state index in [1.807, 2.05) is 5.32 Å². The highest BCUT2D eigenvalue weighted by Crippen LogP contribution is 2.58. The number of carbonyl (C=O) groups is 4. The summed E-state index contributed by atoms with van der Waals surface area (Å²) in [6.07, 6.45) is -8.03. The first-order chi connectivity index (χ1) is 19.8. The number of fused-ring (bicyclic) bond motifs is 3. The number of halogens is 3. The van der Waals surface area contributed by atoms with E-state index in [9.17, 15) is 32.3 Å². The number of hydrogen-bond acceptors (Lipinski definition) is 7. The van der Waals surface area contributed by atoms with E-state index in [2.05, 4.69) is 0 Å². The number of alkyl halides is 3. The van der Waals surface area contributed by atoms with Crippen LogP contribution >= 0.6 is 0 Å². The van der Waals surface area contributed by atoms with Crippen molar-refractivity contribution in [2.24, 2.45) is 0 Å². The van der Waals surface area contributed by atoms with Gasteiger partial charge in [-0.2, -0.15) is 13.2 Å². The average molecular weight is 606 g/mol. The lowest BCUT2D eigenvalue weighted by Gasteiger charge is -2.38. The van der Waals surface area contributed by atoms with Gasteiger partial charge >= 0.3 is 30.2 Å². The number of carbonyl (C=O) groups excluding carboxylic acids is 4. The maximum absolute atomic E-state index is 13.9. The molecule has 0 saturated carbocycles. The first-order valence-corrected chi connectivity index (χ1v) is 13.5. The second-order valence-corrected chi connectivity index (χ2v) is 12.4. The number of likely N-dealkylation sites (tertiary alicyclic amines) is 1. The minimum Gasteiger partial charge on any atom is -0.467 e. The molecule has 2 aliphatic heterocycles. The van der Waals surface area contributed by atoms with Crippen molar-refractivity contribution >= 4 is 35.4 Å². The van der Waals surface area contributed by atoms with Crippen molar-refractivity contribution in [1.29, 1.82) is 0 Å². The van der Waals surface area contributed by atoms with Gasteiger partial charge in [0.2, 0.25) is 0 Å². The fourth-order valence-corrected chi connectivity index (χ4v) is 5.56. The summed E-state index contributed by atoms with van der Waals surface area (Å²) < 4.78 is 55.1. The average Bonchev–Trinajstić information content (AvgIpc) is 3.37. The molecule has 232 valence electrons. The zero-order valence-corrected chi connectivity index (χ0v) is 24.9. The number of benzene rings is 2. The number of hydrogen-bond donors (Lipinski definition) is 1. The summed E-state index contributed by atoms with van der Waals surface area (Å²) in [6, 6.07) is 11.2. The molecule has 13 heteroatoms. The minimum atomic E-state index is -5.09. The Morgan fingerprint density at radius 1 is 0.860 bits per heavy atom. The third-order valence-electron chi connectivity index (χ3n) is 7.03. The molecule has 10 nitrogen and oxygen atoms in total. The summed E-state index contributed by atoms with van der Waals surface area (Å²) in [6.45, 7) is 10.0. The molecule has 1 fully saturated rings. The van der Waals surface area contributed by atoms with Crippen molar-refractivity contribution in [3.63, 3.8) is 0 Å². The molecule has 3 atom stereocenters. The van der Waals surface area contributed by atoms with Gasteiger partial charge in [-0.05, 0) is 77.3 Å². The van der Waals surface area contributed by atoms with Gasteiger partial charge in [0.1, 0.15) is 23.4 Å². The van der Waals surface area contributed by atoms with Crippen molar-refractivity contribution in [2.75, 3.05) is 17.3 Å². The molecule has 2 aromatic carbocycles. The zero-order valence-electron chi connectivity index (χ0n) is 24.9. The lowest BCUT2D eigenvalue weighted by Crippen LogP contribution is -2.58. The Morgan fingerprint density at radius 2 is 1.42 bits per heavy atom. The third kappa shape index (κ3) is 5.98. The molecule has 0 spiro atoms. The number of para-hydroxylation sites is 1. The molecule has 2 aliphatic rings. The fourth-order valence-electron chi connectivity index (χ4n) is 5.56. The van der Waals surface area contributed by atoms with E-state index in [1.54, 1.807) is 65.8 Å². The summed E-state index contributed by atoms with van der Waals surface area (Å²) >= 11 is 0. The van der Waals surface area contributed by atoms with Crippen LogP contribution in [0.5, 0.6) is 0 Å². The van der Waals surface area contributed by atoms with E-state index in [0.717, 1.165) is 0 Å². The van der Waals surface area contributed by atoms with Gasteiger partial charge in [-0.3, -0.25) is 14.6 Å². The van der Waals surface area contributed by atoms with Crippen LogP contribution < -0.4 is 10.2 Å². The van der Waals surface area contributed by atoms with Crippen molar-refractivity contribution in [3.8, 4) is 0 Å². The van der Waals surface area contributed by atoms with Crippen LogP contribution in [-0.2, 0) is 29.2 Å². The molecular formula is C30H34F3N3O7. The molecule has 4 rings (SSSR count). The first kappa shape index (κ1) is 31.6. The lowest BCUT2D eigenvalue weighted by molar-refractivity contribution is -0.167. The highest BCUT2D eigenvalue weighted by molar-refractivity contribution is 5.97. The predicted octanol–water partition coefficient (Wildman–Crippen LogP) is 5.74. The first-order valence-electron chi connectivity index (χ1n) is 13.5. The molecule has 0 bridgehead atoms. The van der Waals surface area contributed by atoms with Crippen LogP contribution in [0.15, 0.2) is 48.5 Å². The Labute approximate surface area is 247 Å². The number of ether oxygens (including phenoxy) is 3.